The lowest BCUT2D eigenvalue weighted by atomic mass is 10.2. The number of nitrogens with zero attached hydrogens (tertiary/aromatic N) is 3. The zero-order valence-corrected chi connectivity index (χ0v) is 10.8. The van der Waals surface area contributed by atoms with Crippen molar-refractivity contribution < 1.29 is 8.42 Å². The van der Waals surface area contributed by atoms with Gasteiger partial charge in [0.15, 0.2) is 0 Å². The van der Waals surface area contributed by atoms with Gasteiger partial charge in [-0.1, -0.05) is 0 Å². The van der Waals surface area contributed by atoms with E-state index < -0.39 is 10.0 Å². The van der Waals surface area contributed by atoms with Crippen molar-refractivity contribution in [2.45, 2.75) is 18.7 Å². The topological polar surface area (TPSA) is 84.8 Å². The van der Waals surface area contributed by atoms with Crippen LogP contribution in [-0.4, -0.2) is 23.4 Å². The Hall–Kier alpha value is -2.02. The molecule has 7 heteroatoms. The average Bonchev–Trinajstić information content (AvgIpc) is 2.33. The molecule has 2 aromatic rings. The summed E-state index contributed by atoms with van der Waals surface area (Å²) in [4.78, 5) is 11.7. The molecular formula is C11H12N4O2S. The van der Waals surface area contributed by atoms with Crippen LogP contribution in [0.5, 0.6) is 0 Å². The molecular weight excluding hydrogens is 252 g/mol. The maximum atomic E-state index is 12.1. The summed E-state index contributed by atoms with van der Waals surface area (Å²) in [6.45, 7) is 3.63. The van der Waals surface area contributed by atoms with Crippen molar-refractivity contribution >= 4 is 15.8 Å². The molecule has 0 aromatic carbocycles. The molecule has 0 bridgehead atoms. The Labute approximate surface area is 105 Å². The van der Waals surface area contributed by atoms with E-state index in [1.54, 1.807) is 6.07 Å². The molecule has 0 aliphatic rings. The first kappa shape index (κ1) is 12.4. The Bertz CT molecular complexity index is 656. The summed E-state index contributed by atoms with van der Waals surface area (Å²) in [7, 11) is -3.66. The molecule has 2 rings (SSSR count). The summed E-state index contributed by atoms with van der Waals surface area (Å²) in [6.07, 6.45) is 4.06. The molecule has 2 aromatic heterocycles. The van der Waals surface area contributed by atoms with E-state index in [2.05, 4.69) is 19.7 Å². The summed E-state index contributed by atoms with van der Waals surface area (Å²) in [5.41, 5.74) is 1.62. The fourth-order valence-electron chi connectivity index (χ4n) is 1.31. The number of pyridine rings is 1. The van der Waals surface area contributed by atoms with Crippen molar-refractivity contribution in [1.82, 2.24) is 15.0 Å². The molecule has 0 atom stereocenters. The second-order valence-electron chi connectivity index (χ2n) is 3.77. The van der Waals surface area contributed by atoms with Gasteiger partial charge < -0.3 is 0 Å². The quantitative estimate of drug-likeness (QED) is 0.902. The lowest BCUT2D eigenvalue weighted by Gasteiger charge is -2.08. The van der Waals surface area contributed by atoms with Gasteiger partial charge in [-0.05, 0) is 31.5 Å². The summed E-state index contributed by atoms with van der Waals surface area (Å²) in [6, 6.07) is 3.05. The Morgan fingerprint density at radius 1 is 1.22 bits per heavy atom. The second kappa shape index (κ2) is 4.69. The molecule has 0 aliphatic carbocycles. The van der Waals surface area contributed by atoms with Gasteiger partial charge in [0, 0.05) is 18.1 Å². The highest BCUT2D eigenvalue weighted by atomic mass is 32.2. The standard InChI is InChI=1S/C11H12N4O2S/c1-8-5-10(6-13-9(8)2)18(16,17)15-11-3-4-12-7-14-11/h3-7H,1-2H3,(H,12,14,15). The lowest BCUT2D eigenvalue weighted by Crippen LogP contribution is -2.14. The van der Waals surface area contributed by atoms with Crippen molar-refractivity contribution in [1.29, 1.82) is 0 Å². The number of hydrogen-bond donors (Lipinski definition) is 1. The van der Waals surface area contributed by atoms with Gasteiger partial charge in [0.05, 0.1) is 0 Å². The van der Waals surface area contributed by atoms with Gasteiger partial charge in [-0.15, -0.1) is 0 Å². The molecule has 0 spiro atoms. The zero-order chi connectivity index (χ0) is 13.2. The van der Waals surface area contributed by atoms with E-state index in [1.807, 2.05) is 13.8 Å². The summed E-state index contributed by atoms with van der Waals surface area (Å²) >= 11 is 0. The van der Waals surface area contributed by atoms with E-state index in [9.17, 15) is 8.42 Å². The van der Waals surface area contributed by atoms with Crippen LogP contribution in [-0.2, 0) is 10.0 Å². The van der Waals surface area contributed by atoms with Gasteiger partial charge in [0.25, 0.3) is 10.0 Å². The van der Waals surface area contributed by atoms with E-state index >= 15 is 0 Å². The highest BCUT2D eigenvalue weighted by Gasteiger charge is 2.15. The predicted octanol–water partition coefficient (Wildman–Crippen LogP) is 1.29. The molecule has 6 nitrogen and oxygen atoms in total. The SMILES string of the molecule is Cc1cc(S(=O)(=O)Nc2ccncn2)cnc1C. The third-order valence-electron chi connectivity index (χ3n) is 2.45. The number of aromatic nitrogens is 3. The van der Waals surface area contributed by atoms with Gasteiger partial charge in [-0.25, -0.2) is 18.4 Å². The molecule has 0 aliphatic heterocycles. The van der Waals surface area contributed by atoms with Gasteiger partial charge in [-0.3, -0.25) is 9.71 Å². The molecule has 94 valence electrons. The number of aryl methyl sites for hydroxylation is 2. The third kappa shape index (κ3) is 2.62. The van der Waals surface area contributed by atoms with Crippen molar-refractivity contribution in [2.75, 3.05) is 4.72 Å². The zero-order valence-electron chi connectivity index (χ0n) is 9.95. The molecule has 0 radical (unpaired) electrons. The molecule has 2 heterocycles. The van der Waals surface area contributed by atoms with Crippen LogP contribution in [0.25, 0.3) is 0 Å². The first-order valence-electron chi connectivity index (χ1n) is 5.21. The van der Waals surface area contributed by atoms with Crippen molar-refractivity contribution in [3.8, 4) is 0 Å². The first-order chi connectivity index (χ1) is 8.49. The second-order valence-corrected chi connectivity index (χ2v) is 5.46. The van der Waals surface area contributed by atoms with Crippen molar-refractivity contribution in [3.05, 3.63) is 42.1 Å². The molecule has 0 fully saturated rings. The van der Waals surface area contributed by atoms with Crippen molar-refractivity contribution in [3.63, 3.8) is 0 Å². The normalized spacial score (nSPS) is 11.2. The highest BCUT2D eigenvalue weighted by molar-refractivity contribution is 7.92. The number of rotatable bonds is 3. The largest absolute Gasteiger partial charge is 0.264 e. The van der Waals surface area contributed by atoms with Gasteiger partial charge >= 0.3 is 0 Å². The minimum atomic E-state index is -3.66. The minimum absolute atomic E-state index is 0.115. The van der Waals surface area contributed by atoms with Crippen LogP contribution in [0.3, 0.4) is 0 Å². The maximum Gasteiger partial charge on any atom is 0.264 e. The van der Waals surface area contributed by atoms with Gasteiger partial charge in [0.2, 0.25) is 0 Å². The number of anilines is 1. The molecule has 18 heavy (non-hydrogen) atoms. The third-order valence-corrected chi connectivity index (χ3v) is 3.77. The molecule has 0 unspecified atom stereocenters. The van der Waals surface area contributed by atoms with Crippen LogP contribution >= 0.6 is 0 Å². The maximum absolute atomic E-state index is 12.1. The van der Waals surface area contributed by atoms with Gasteiger partial charge in [0.1, 0.15) is 17.0 Å². The molecule has 1 N–H and O–H groups in total. The number of hydrogen-bond acceptors (Lipinski definition) is 5. The Morgan fingerprint density at radius 3 is 2.61 bits per heavy atom. The summed E-state index contributed by atoms with van der Waals surface area (Å²) in [5.74, 6) is 0.225. The Morgan fingerprint density at radius 2 is 2.00 bits per heavy atom. The van der Waals surface area contributed by atoms with E-state index in [0.717, 1.165) is 11.3 Å². The number of sulfonamides is 1. The van der Waals surface area contributed by atoms with Crippen LogP contribution in [0.4, 0.5) is 5.82 Å². The smallest absolute Gasteiger partial charge is 0.263 e. The van der Waals surface area contributed by atoms with Gasteiger partial charge in [-0.2, -0.15) is 0 Å². The monoisotopic (exact) mass is 264 g/mol. The summed E-state index contributed by atoms with van der Waals surface area (Å²) in [5, 5.41) is 0. The minimum Gasteiger partial charge on any atom is -0.263 e. The van der Waals surface area contributed by atoms with Crippen LogP contribution in [0.15, 0.2) is 35.7 Å². The fraction of sp³-hybridized carbons (Fsp3) is 0.182. The Kier molecular flexibility index (Phi) is 3.24. The summed E-state index contributed by atoms with van der Waals surface area (Å²) < 4.78 is 26.5. The van der Waals surface area contributed by atoms with Crippen molar-refractivity contribution in [2.24, 2.45) is 0 Å². The molecule has 0 amide bonds. The molecule has 0 saturated heterocycles. The van der Waals surface area contributed by atoms with E-state index in [4.69, 9.17) is 0 Å². The first-order valence-corrected chi connectivity index (χ1v) is 6.69. The van der Waals surface area contributed by atoms with Crippen LogP contribution in [0.1, 0.15) is 11.3 Å². The van der Waals surface area contributed by atoms with E-state index in [0.29, 0.717) is 0 Å². The Balaban J connectivity index is 2.34. The van der Waals surface area contributed by atoms with Crippen LogP contribution < -0.4 is 4.72 Å². The van der Waals surface area contributed by atoms with E-state index in [1.165, 1.54) is 24.8 Å². The van der Waals surface area contributed by atoms with Crippen LogP contribution in [0, 0.1) is 13.8 Å². The average molecular weight is 264 g/mol. The highest BCUT2D eigenvalue weighted by Crippen LogP contribution is 2.15. The van der Waals surface area contributed by atoms with E-state index in [-0.39, 0.29) is 10.7 Å². The number of nitrogens with one attached hydrogen (secondary N) is 1. The van der Waals surface area contributed by atoms with Crippen LogP contribution in [0.2, 0.25) is 0 Å². The fourth-order valence-corrected chi connectivity index (χ4v) is 2.35. The molecule has 0 saturated carbocycles. The predicted molar refractivity (Wildman–Crippen MR) is 66.6 cm³/mol. The lowest BCUT2D eigenvalue weighted by molar-refractivity contribution is 0.600.